The summed E-state index contributed by atoms with van der Waals surface area (Å²) in [5.41, 5.74) is 1.25. The molecular formula is C27H46Br2. The van der Waals surface area contributed by atoms with Crippen molar-refractivity contribution in [3.8, 4) is 0 Å². The fraction of sp³-hybridized carbons (Fsp3) is 1.00. The number of halogens is 2. The number of hydrogen-bond donors (Lipinski definition) is 0. The van der Waals surface area contributed by atoms with Crippen LogP contribution in [0.25, 0.3) is 0 Å². The third-order valence-electron chi connectivity index (χ3n) is 10.8. The highest BCUT2D eigenvalue weighted by Crippen LogP contribution is 2.69. The summed E-state index contributed by atoms with van der Waals surface area (Å²) in [6.45, 7) is 12.8. The molecule has 4 aliphatic rings. The molecule has 0 amide bonds. The predicted octanol–water partition coefficient (Wildman–Crippen LogP) is 9.59. The molecule has 4 aliphatic carbocycles. The van der Waals surface area contributed by atoms with Gasteiger partial charge in [0.25, 0.3) is 0 Å². The molecule has 0 heterocycles. The standard InChI is InChI=1S/C27H46Br2/c1-18(2)7-6-8-19(3)22-11-12-23-21-10-9-20-17-27(28,29)16-15-25(20,4)24(21)13-14-26(22,23)5/h18-24H,6-17H2,1-5H3/t19-,20?,21+,22-,23+,24+,25+,26-/m1/s1. The molecule has 29 heavy (non-hydrogen) atoms. The van der Waals surface area contributed by atoms with E-state index in [4.69, 9.17) is 0 Å². The quantitative estimate of drug-likeness (QED) is 0.311. The largest absolute Gasteiger partial charge is 0.0808 e. The summed E-state index contributed by atoms with van der Waals surface area (Å²) in [5, 5.41) is 0. The van der Waals surface area contributed by atoms with E-state index in [2.05, 4.69) is 66.5 Å². The molecule has 4 saturated carbocycles. The minimum absolute atomic E-state index is 0.226. The van der Waals surface area contributed by atoms with Crippen LogP contribution in [-0.4, -0.2) is 3.23 Å². The molecule has 0 nitrogen and oxygen atoms in total. The Kier molecular flexibility index (Phi) is 6.69. The van der Waals surface area contributed by atoms with Crippen LogP contribution >= 0.6 is 31.9 Å². The Balaban J connectivity index is 1.46. The highest BCUT2D eigenvalue weighted by atomic mass is 79.9. The van der Waals surface area contributed by atoms with Crippen LogP contribution < -0.4 is 0 Å². The lowest BCUT2D eigenvalue weighted by atomic mass is 9.44. The molecule has 1 unspecified atom stereocenters. The first-order valence-corrected chi connectivity index (χ1v) is 14.5. The first kappa shape index (κ1) is 23.1. The lowest BCUT2D eigenvalue weighted by Gasteiger charge is -2.62. The molecule has 0 radical (unpaired) electrons. The molecule has 0 aliphatic heterocycles. The molecule has 168 valence electrons. The smallest absolute Gasteiger partial charge is 0.0727 e. The van der Waals surface area contributed by atoms with Gasteiger partial charge in [-0.15, -0.1) is 0 Å². The van der Waals surface area contributed by atoms with Crippen molar-refractivity contribution < 1.29 is 0 Å². The van der Waals surface area contributed by atoms with Crippen molar-refractivity contribution in [1.29, 1.82) is 0 Å². The van der Waals surface area contributed by atoms with Gasteiger partial charge in [-0.1, -0.05) is 85.7 Å². The van der Waals surface area contributed by atoms with Crippen LogP contribution in [0.1, 0.15) is 112 Å². The summed E-state index contributed by atoms with van der Waals surface area (Å²) in [5.74, 6) is 6.78. The Hall–Kier alpha value is 0.960. The van der Waals surface area contributed by atoms with Gasteiger partial charge in [0.1, 0.15) is 0 Å². The highest BCUT2D eigenvalue weighted by molar-refractivity contribution is 9.25. The van der Waals surface area contributed by atoms with Gasteiger partial charge >= 0.3 is 0 Å². The zero-order valence-electron chi connectivity index (χ0n) is 19.8. The van der Waals surface area contributed by atoms with E-state index in [1.54, 1.807) is 6.42 Å². The van der Waals surface area contributed by atoms with Gasteiger partial charge in [0, 0.05) is 0 Å². The Morgan fingerprint density at radius 3 is 2.24 bits per heavy atom. The Bertz CT molecular complexity index is 583. The number of hydrogen-bond acceptors (Lipinski definition) is 0. The van der Waals surface area contributed by atoms with E-state index in [-0.39, 0.29) is 3.23 Å². The second-order valence-electron chi connectivity index (χ2n) is 12.7. The topological polar surface area (TPSA) is 0 Å². The zero-order valence-corrected chi connectivity index (χ0v) is 23.0. The van der Waals surface area contributed by atoms with Crippen LogP contribution in [0.4, 0.5) is 0 Å². The van der Waals surface area contributed by atoms with Gasteiger partial charge in [-0.3, -0.25) is 0 Å². The fourth-order valence-corrected chi connectivity index (χ4v) is 10.4. The Labute approximate surface area is 198 Å². The van der Waals surface area contributed by atoms with Gasteiger partial charge in [0.15, 0.2) is 0 Å². The van der Waals surface area contributed by atoms with Crippen molar-refractivity contribution in [2.24, 2.45) is 52.3 Å². The van der Waals surface area contributed by atoms with Crippen molar-refractivity contribution >= 4 is 31.9 Å². The maximum absolute atomic E-state index is 3.99. The van der Waals surface area contributed by atoms with E-state index in [1.807, 2.05) is 0 Å². The molecule has 0 saturated heterocycles. The van der Waals surface area contributed by atoms with Gasteiger partial charge < -0.3 is 0 Å². The fourth-order valence-electron chi connectivity index (χ4n) is 9.20. The summed E-state index contributed by atoms with van der Waals surface area (Å²) in [6, 6.07) is 0. The molecule has 0 aromatic carbocycles. The summed E-state index contributed by atoms with van der Waals surface area (Å²) < 4.78 is 0.226. The van der Waals surface area contributed by atoms with Crippen LogP contribution in [0.5, 0.6) is 0 Å². The van der Waals surface area contributed by atoms with Gasteiger partial charge in [0.2, 0.25) is 0 Å². The Morgan fingerprint density at radius 1 is 0.793 bits per heavy atom. The van der Waals surface area contributed by atoms with E-state index in [1.165, 1.54) is 70.6 Å². The molecule has 2 heteroatoms. The molecule has 0 spiro atoms. The maximum atomic E-state index is 3.99. The molecule has 0 aromatic rings. The highest BCUT2D eigenvalue weighted by Gasteiger charge is 2.61. The molecule has 4 fully saturated rings. The van der Waals surface area contributed by atoms with Crippen molar-refractivity contribution in [3.05, 3.63) is 0 Å². The minimum atomic E-state index is 0.226. The Morgan fingerprint density at radius 2 is 1.52 bits per heavy atom. The SMILES string of the molecule is CC(C)CCC[C@@H](C)[C@H]1CC[C@H]2[C@@H]3CCC4CC(Br)(Br)CC[C@]4(C)[C@H]3CC[C@]12C. The molecule has 0 aromatic heterocycles. The van der Waals surface area contributed by atoms with Crippen molar-refractivity contribution in [3.63, 3.8) is 0 Å². The second kappa shape index (κ2) is 8.39. The molecule has 0 bridgehead atoms. The van der Waals surface area contributed by atoms with Crippen LogP contribution in [0.2, 0.25) is 0 Å². The summed E-state index contributed by atoms with van der Waals surface area (Å²) in [7, 11) is 0. The zero-order chi connectivity index (χ0) is 21.0. The average Bonchev–Trinajstić information content (AvgIpc) is 2.99. The van der Waals surface area contributed by atoms with Crippen LogP contribution in [0, 0.1) is 52.3 Å². The van der Waals surface area contributed by atoms with Gasteiger partial charge in [-0.05, 0) is 110 Å². The minimum Gasteiger partial charge on any atom is -0.0727 e. The first-order valence-electron chi connectivity index (χ1n) is 12.9. The number of rotatable bonds is 5. The summed E-state index contributed by atoms with van der Waals surface area (Å²) in [6.07, 6.45) is 17.5. The second-order valence-corrected chi connectivity index (χ2v) is 16.8. The van der Waals surface area contributed by atoms with Gasteiger partial charge in [-0.25, -0.2) is 0 Å². The van der Waals surface area contributed by atoms with Gasteiger partial charge in [-0.2, -0.15) is 0 Å². The van der Waals surface area contributed by atoms with Crippen LogP contribution in [0.3, 0.4) is 0 Å². The predicted molar refractivity (Wildman–Crippen MR) is 134 cm³/mol. The summed E-state index contributed by atoms with van der Waals surface area (Å²) in [4.78, 5) is 0. The third-order valence-corrected chi connectivity index (χ3v) is 12.3. The lowest BCUT2D eigenvalue weighted by Crippen LogP contribution is -2.54. The van der Waals surface area contributed by atoms with Gasteiger partial charge in [0.05, 0.1) is 3.23 Å². The van der Waals surface area contributed by atoms with Crippen molar-refractivity contribution in [2.45, 2.75) is 115 Å². The van der Waals surface area contributed by atoms with E-state index < -0.39 is 0 Å². The maximum Gasteiger partial charge on any atom is 0.0808 e. The van der Waals surface area contributed by atoms with E-state index in [0.717, 1.165) is 41.4 Å². The van der Waals surface area contributed by atoms with Crippen molar-refractivity contribution in [1.82, 2.24) is 0 Å². The molecule has 8 atom stereocenters. The first-order chi connectivity index (χ1) is 13.6. The van der Waals surface area contributed by atoms with E-state index in [0.29, 0.717) is 10.8 Å². The van der Waals surface area contributed by atoms with E-state index >= 15 is 0 Å². The number of alkyl halides is 2. The van der Waals surface area contributed by atoms with E-state index in [9.17, 15) is 0 Å². The summed E-state index contributed by atoms with van der Waals surface area (Å²) >= 11 is 7.98. The molecular weight excluding hydrogens is 484 g/mol. The third kappa shape index (κ3) is 4.18. The lowest BCUT2D eigenvalue weighted by molar-refractivity contribution is -0.114. The monoisotopic (exact) mass is 528 g/mol. The molecule has 0 N–H and O–H groups in total. The van der Waals surface area contributed by atoms with Crippen LogP contribution in [0.15, 0.2) is 0 Å². The van der Waals surface area contributed by atoms with Crippen molar-refractivity contribution in [2.75, 3.05) is 0 Å². The van der Waals surface area contributed by atoms with Crippen LogP contribution in [-0.2, 0) is 0 Å². The normalized spacial score (nSPS) is 47.4. The molecule has 4 rings (SSSR count). The average molecular weight is 530 g/mol. The number of fused-ring (bicyclic) bond motifs is 5.